The normalized spacial score (nSPS) is 19.4. The SMILES string of the molecule is CC(C)(C)OC(=O)N1CCC(c2ccc(N3CCCC3=O)cc2)CC1. The molecule has 2 aliphatic rings. The molecule has 0 N–H and O–H groups in total. The molecule has 2 heterocycles. The van der Waals surface area contributed by atoms with Gasteiger partial charge in [-0.3, -0.25) is 4.79 Å². The molecular weight excluding hydrogens is 316 g/mol. The number of hydrogen-bond donors (Lipinski definition) is 0. The van der Waals surface area contributed by atoms with Crippen molar-refractivity contribution in [3.05, 3.63) is 29.8 Å². The lowest BCUT2D eigenvalue weighted by Crippen LogP contribution is -2.41. The maximum atomic E-state index is 12.1. The predicted molar refractivity (Wildman–Crippen MR) is 97.8 cm³/mol. The highest BCUT2D eigenvalue weighted by molar-refractivity contribution is 5.95. The minimum Gasteiger partial charge on any atom is -0.444 e. The third-order valence-corrected chi connectivity index (χ3v) is 4.90. The summed E-state index contributed by atoms with van der Waals surface area (Å²) < 4.78 is 5.45. The summed E-state index contributed by atoms with van der Waals surface area (Å²) in [4.78, 5) is 27.7. The standard InChI is InChI=1S/C20H28N2O3/c1-20(2,3)25-19(24)21-13-10-16(11-14-21)15-6-8-17(9-7-15)22-12-4-5-18(22)23/h6-9,16H,4-5,10-14H2,1-3H3. The van der Waals surface area contributed by atoms with Crippen molar-refractivity contribution in [2.45, 2.75) is 58.0 Å². The summed E-state index contributed by atoms with van der Waals surface area (Å²) in [6.45, 7) is 7.96. The Balaban J connectivity index is 1.56. The average Bonchev–Trinajstić information content (AvgIpc) is 3.00. The summed E-state index contributed by atoms with van der Waals surface area (Å²) in [6.07, 6.45) is 3.28. The second kappa shape index (κ2) is 7.06. The van der Waals surface area contributed by atoms with Gasteiger partial charge in [0.15, 0.2) is 0 Å². The highest BCUT2D eigenvalue weighted by atomic mass is 16.6. The zero-order valence-electron chi connectivity index (χ0n) is 15.5. The van der Waals surface area contributed by atoms with Gasteiger partial charge in [-0.1, -0.05) is 12.1 Å². The summed E-state index contributed by atoms with van der Waals surface area (Å²) >= 11 is 0. The monoisotopic (exact) mass is 344 g/mol. The Morgan fingerprint density at radius 3 is 2.24 bits per heavy atom. The van der Waals surface area contributed by atoms with Crippen LogP contribution < -0.4 is 4.90 Å². The van der Waals surface area contributed by atoms with Gasteiger partial charge in [-0.2, -0.15) is 0 Å². The number of amides is 2. The highest BCUT2D eigenvalue weighted by Gasteiger charge is 2.28. The van der Waals surface area contributed by atoms with Gasteiger partial charge in [0.05, 0.1) is 0 Å². The topological polar surface area (TPSA) is 49.9 Å². The molecule has 3 rings (SSSR count). The Hall–Kier alpha value is -2.04. The first-order valence-corrected chi connectivity index (χ1v) is 9.22. The van der Waals surface area contributed by atoms with Crippen molar-refractivity contribution < 1.29 is 14.3 Å². The fourth-order valence-corrected chi connectivity index (χ4v) is 3.57. The number of nitrogens with zero attached hydrogens (tertiary/aromatic N) is 2. The smallest absolute Gasteiger partial charge is 0.410 e. The molecule has 0 aliphatic carbocycles. The second-order valence-corrected chi connectivity index (χ2v) is 7.98. The van der Waals surface area contributed by atoms with E-state index in [0.717, 1.165) is 44.6 Å². The number of carbonyl (C=O) groups is 2. The molecule has 2 saturated heterocycles. The van der Waals surface area contributed by atoms with Crippen LogP contribution in [0, 0.1) is 0 Å². The van der Waals surface area contributed by atoms with E-state index in [1.807, 2.05) is 25.7 Å². The third kappa shape index (κ3) is 4.33. The number of piperidine rings is 1. The molecule has 1 aromatic rings. The van der Waals surface area contributed by atoms with Crippen LogP contribution in [0.2, 0.25) is 0 Å². The molecule has 0 aromatic heterocycles. The lowest BCUT2D eigenvalue weighted by Gasteiger charge is -2.33. The van der Waals surface area contributed by atoms with Crippen molar-refractivity contribution >= 4 is 17.7 Å². The van der Waals surface area contributed by atoms with Gasteiger partial charge >= 0.3 is 6.09 Å². The molecule has 0 atom stereocenters. The van der Waals surface area contributed by atoms with E-state index in [0.29, 0.717) is 12.3 Å². The molecule has 136 valence electrons. The Morgan fingerprint density at radius 2 is 1.72 bits per heavy atom. The minimum atomic E-state index is -0.448. The first-order valence-electron chi connectivity index (χ1n) is 9.22. The number of rotatable bonds is 2. The van der Waals surface area contributed by atoms with Crippen molar-refractivity contribution in [3.63, 3.8) is 0 Å². The van der Waals surface area contributed by atoms with Gasteiger partial charge in [0, 0.05) is 31.7 Å². The number of likely N-dealkylation sites (tertiary alicyclic amines) is 1. The van der Waals surface area contributed by atoms with Crippen LogP contribution >= 0.6 is 0 Å². The molecule has 5 heteroatoms. The van der Waals surface area contributed by atoms with Gasteiger partial charge in [0.25, 0.3) is 0 Å². The van der Waals surface area contributed by atoms with E-state index in [2.05, 4.69) is 24.3 Å². The van der Waals surface area contributed by atoms with Crippen molar-refractivity contribution in [2.75, 3.05) is 24.5 Å². The van der Waals surface area contributed by atoms with E-state index in [-0.39, 0.29) is 12.0 Å². The fraction of sp³-hybridized carbons (Fsp3) is 0.600. The van der Waals surface area contributed by atoms with Crippen molar-refractivity contribution in [1.29, 1.82) is 0 Å². The van der Waals surface area contributed by atoms with Crippen molar-refractivity contribution in [3.8, 4) is 0 Å². The lowest BCUT2D eigenvalue weighted by molar-refractivity contribution is -0.117. The Morgan fingerprint density at radius 1 is 1.08 bits per heavy atom. The summed E-state index contributed by atoms with van der Waals surface area (Å²) in [5.74, 6) is 0.681. The van der Waals surface area contributed by atoms with Gasteiger partial charge in [0.1, 0.15) is 5.60 Å². The minimum absolute atomic E-state index is 0.214. The zero-order valence-corrected chi connectivity index (χ0v) is 15.5. The van der Waals surface area contributed by atoms with Gasteiger partial charge in [-0.15, -0.1) is 0 Å². The zero-order chi connectivity index (χ0) is 18.0. The van der Waals surface area contributed by atoms with E-state index in [1.54, 1.807) is 4.90 Å². The first kappa shape index (κ1) is 17.8. The van der Waals surface area contributed by atoms with Gasteiger partial charge in [0.2, 0.25) is 5.91 Å². The number of anilines is 1. The molecule has 25 heavy (non-hydrogen) atoms. The molecule has 1 aromatic carbocycles. The van der Waals surface area contributed by atoms with Crippen LogP contribution in [-0.2, 0) is 9.53 Å². The van der Waals surface area contributed by atoms with Crippen LogP contribution in [-0.4, -0.2) is 42.1 Å². The summed E-state index contributed by atoms with van der Waals surface area (Å²) in [5, 5.41) is 0. The largest absolute Gasteiger partial charge is 0.444 e. The van der Waals surface area contributed by atoms with Crippen LogP contribution in [0.4, 0.5) is 10.5 Å². The Labute approximate surface area is 149 Å². The lowest BCUT2D eigenvalue weighted by atomic mass is 9.89. The van der Waals surface area contributed by atoms with Crippen molar-refractivity contribution in [2.24, 2.45) is 0 Å². The second-order valence-electron chi connectivity index (χ2n) is 7.98. The van der Waals surface area contributed by atoms with Crippen LogP contribution in [0.25, 0.3) is 0 Å². The number of ether oxygens (including phenoxy) is 1. The Bertz CT molecular complexity index is 625. The van der Waals surface area contributed by atoms with E-state index in [9.17, 15) is 9.59 Å². The van der Waals surface area contributed by atoms with Crippen LogP contribution in [0.5, 0.6) is 0 Å². The molecule has 2 fully saturated rings. The van der Waals surface area contributed by atoms with Gasteiger partial charge in [-0.25, -0.2) is 4.79 Å². The molecule has 5 nitrogen and oxygen atoms in total. The molecule has 0 saturated carbocycles. The molecule has 0 unspecified atom stereocenters. The molecule has 0 spiro atoms. The number of carbonyl (C=O) groups excluding carboxylic acids is 2. The van der Waals surface area contributed by atoms with E-state index < -0.39 is 5.60 Å². The summed E-state index contributed by atoms with van der Waals surface area (Å²) in [7, 11) is 0. The van der Waals surface area contributed by atoms with Crippen molar-refractivity contribution in [1.82, 2.24) is 4.90 Å². The first-order chi connectivity index (χ1) is 11.8. The number of benzene rings is 1. The van der Waals surface area contributed by atoms with E-state index in [1.165, 1.54) is 5.56 Å². The molecule has 0 radical (unpaired) electrons. The fourth-order valence-electron chi connectivity index (χ4n) is 3.57. The van der Waals surface area contributed by atoms with E-state index in [4.69, 9.17) is 4.74 Å². The molecule has 2 aliphatic heterocycles. The quantitative estimate of drug-likeness (QED) is 0.817. The average molecular weight is 344 g/mol. The molecular formula is C20H28N2O3. The maximum Gasteiger partial charge on any atom is 0.410 e. The maximum absolute atomic E-state index is 12.1. The molecule has 2 amide bonds. The highest BCUT2D eigenvalue weighted by Crippen LogP contribution is 2.31. The van der Waals surface area contributed by atoms with Gasteiger partial charge in [-0.05, 0) is 63.6 Å². The third-order valence-electron chi connectivity index (χ3n) is 4.90. The van der Waals surface area contributed by atoms with Crippen LogP contribution in [0.15, 0.2) is 24.3 Å². The van der Waals surface area contributed by atoms with Gasteiger partial charge < -0.3 is 14.5 Å². The molecule has 0 bridgehead atoms. The Kier molecular flexibility index (Phi) is 5.02. The van der Waals surface area contributed by atoms with E-state index >= 15 is 0 Å². The van der Waals surface area contributed by atoms with Crippen LogP contribution in [0.1, 0.15) is 57.9 Å². The predicted octanol–water partition coefficient (Wildman–Crippen LogP) is 3.93. The summed E-state index contributed by atoms with van der Waals surface area (Å²) in [5.41, 5.74) is 1.84. The number of hydrogen-bond acceptors (Lipinski definition) is 3. The summed E-state index contributed by atoms with van der Waals surface area (Å²) in [6, 6.07) is 8.38. The van der Waals surface area contributed by atoms with Crippen LogP contribution in [0.3, 0.4) is 0 Å².